The molecule has 0 aromatic rings. The van der Waals surface area contributed by atoms with Gasteiger partial charge < -0.3 is 14.2 Å². The molecular weight excluding hydrogens is 733 g/mol. The Balaban J connectivity index is 4.34. The SMILES string of the molecule is CC/C=C\C/C=C\CCCCCCCCCC(=O)OC(COC(=O)CCCCCCC/C=C\C=C/CCCCCCCCC)COC(=O)CCCCCCCCCCC. The van der Waals surface area contributed by atoms with Crippen molar-refractivity contribution < 1.29 is 28.6 Å². The average Bonchev–Trinajstić information content (AvgIpc) is 3.23. The van der Waals surface area contributed by atoms with Crippen molar-refractivity contribution in [3.63, 3.8) is 0 Å². The number of carbonyl (C=O) groups excluding carboxylic acids is 3. The maximum Gasteiger partial charge on any atom is 0.306 e. The molecule has 1 unspecified atom stereocenters. The molecule has 0 aliphatic carbocycles. The van der Waals surface area contributed by atoms with Gasteiger partial charge >= 0.3 is 17.9 Å². The van der Waals surface area contributed by atoms with E-state index in [0.717, 1.165) is 96.3 Å². The van der Waals surface area contributed by atoms with Crippen LogP contribution in [0.3, 0.4) is 0 Å². The molecule has 0 N–H and O–H groups in total. The normalized spacial score (nSPS) is 12.4. The van der Waals surface area contributed by atoms with Gasteiger partial charge in [-0.25, -0.2) is 0 Å². The summed E-state index contributed by atoms with van der Waals surface area (Å²) in [6.07, 6.45) is 56.7. The van der Waals surface area contributed by atoms with Gasteiger partial charge in [0.15, 0.2) is 6.10 Å². The Morgan fingerprint density at radius 2 is 0.712 bits per heavy atom. The molecular formula is C53H94O6. The largest absolute Gasteiger partial charge is 0.462 e. The lowest BCUT2D eigenvalue weighted by atomic mass is 10.1. The Labute approximate surface area is 365 Å². The monoisotopic (exact) mass is 827 g/mol. The summed E-state index contributed by atoms with van der Waals surface area (Å²) in [4.78, 5) is 37.8. The topological polar surface area (TPSA) is 78.9 Å². The number of unbranched alkanes of at least 4 members (excludes halogenated alkanes) is 27. The minimum absolute atomic E-state index is 0.0800. The van der Waals surface area contributed by atoms with Gasteiger partial charge in [0, 0.05) is 19.3 Å². The molecule has 0 radical (unpaired) electrons. The lowest BCUT2D eigenvalue weighted by Gasteiger charge is -2.18. The number of rotatable bonds is 45. The zero-order chi connectivity index (χ0) is 43.0. The van der Waals surface area contributed by atoms with Crippen LogP contribution in [-0.2, 0) is 28.6 Å². The van der Waals surface area contributed by atoms with Crippen LogP contribution >= 0.6 is 0 Å². The Morgan fingerprint density at radius 3 is 1.12 bits per heavy atom. The summed E-state index contributed by atoms with van der Waals surface area (Å²) in [6.45, 7) is 6.49. The summed E-state index contributed by atoms with van der Waals surface area (Å²) >= 11 is 0. The fourth-order valence-electron chi connectivity index (χ4n) is 7.06. The molecule has 0 aliphatic rings. The molecule has 0 aromatic carbocycles. The molecule has 342 valence electrons. The molecule has 0 aromatic heterocycles. The van der Waals surface area contributed by atoms with Crippen LogP contribution < -0.4 is 0 Å². The van der Waals surface area contributed by atoms with Crippen LogP contribution in [0.25, 0.3) is 0 Å². The smallest absolute Gasteiger partial charge is 0.306 e. The molecule has 0 rings (SSSR count). The van der Waals surface area contributed by atoms with Crippen molar-refractivity contribution in [2.24, 2.45) is 0 Å². The zero-order valence-corrected chi connectivity index (χ0v) is 39.0. The van der Waals surface area contributed by atoms with Gasteiger partial charge in [-0.2, -0.15) is 0 Å². The molecule has 6 nitrogen and oxygen atoms in total. The summed E-state index contributed by atoms with van der Waals surface area (Å²) in [5, 5.41) is 0. The zero-order valence-electron chi connectivity index (χ0n) is 39.0. The van der Waals surface area contributed by atoms with Crippen molar-refractivity contribution in [2.75, 3.05) is 13.2 Å². The average molecular weight is 827 g/mol. The molecule has 0 spiro atoms. The highest BCUT2D eigenvalue weighted by Crippen LogP contribution is 2.14. The highest BCUT2D eigenvalue weighted by atomic mass is 16.6. The number of hydrogen-bond acceptors (Lipinski definition) is 6. The van der Waals surface area contributed by atoms with Crippen molar-refractivity contribution in [3.05, 3.63) is 48.6 Å². The van der Waals surface area contributed by atoms with E-state index >= 15 is 0 Å². The second kappa shape index (κ2) is 48.0. The first-order valence-corrected chi connectivity index (χ1v) is 25.2. The molecule has 0 aliphatic heterocycles. The number of allylic oxidation sites excluding steroid dienone is 8. The minimum Gasteiger partial charge on any atom is -0.462 e. The molecule has 6 heteroatoms. The number of esters is 3. The first-order chi connectivity index (χ1) is 29.0. The maximum atomic E-state index is 12.7. The molecule has 1 atom stereocenters. The Morgan fingerprint density at radius 1 is 0.373 bits per heavy atom. The molecule has 0 amide bonds. The quantitative estimate of drug-likeness (QED) is 0.0200. The van der Waals surface area contributed by atoms with Crippen LogP contribution in [-0.4, -0.2) is 37.2 Å². The molecule has 59 heavy (non-hydrogen) atoms. The second-order valence-electron chi connectivity index (χ2n) is 16.7. The van der Waals surface area contributed by atoms with Gasteiger partial charge in [-0.3, -0.25) is 14.4 Å². The first kappa shape index (κ1) is 56.4. The van der Waals surface area contributed by atoms with E-state index in [1.165, 1.54) is 116 Å². The van der Waals surface area contributed by atoms with E-state index in [2.05, 4.69) is 69.4 Å². The maximum absolute atomic E-state index is 12.7. The van der Waals surface area contributed by atoms with Crippen molar-refractivity contribution in [1.29, 1.82) is 0 Å². The standard InChI is InChI=1S/C53H94O6/c1-4-7-10-13-16-19-21-23-25-26-27-28-30-31-34-37-40-43-46-52(55)58-49-50(48-57-51(54)45-42-39-36-33-18-15-12-9-6-3)59-53(56)47-44-41-38-35-32-29-24-22-20-17-14-11-8-5-2/h8,11,17,20,25-28,50H,4-7,9-10,12-16,18-19,21-24,29-49H2,1-3H3/b11-8-,20-17-,26-25-,28-27-. The third-order valence-corrected chi connectivity index (χ3v) is 10.8. The van der Waals surface area contributed by atoms with Gasteiger partial charge in [-0.1, -0.05) is 211 Å². The predicted molar refractivity (Wildman–Crippen MR) is 252 cm³/mol. The molecule has 0 fully saturated rings. The molecule has 0 heterocycles. The number of carbonyl (C=O) groups is 3. The lowest BCUT2D eigenvalue weighted by molar-refractivity contribution is -0.167. The van der Waals surface area contributed by atoms with Gasteiger partial charge in [-0.15, -0.1) is 0 Å². The van der Waals surface area contributed by atoms with Gasteiger partial charge in [-0.05, 0) is 70.6 Å². The van der Waals surface area contributed by atoms with Crippen molar-refractivity contribution in [3.8, 4) is 0 Å². The van der Waals surface area contributed by atoms with E-state index in [9.17, 15) is 14.4 Å². The molecule has 0 saturated heterocycles. The Hall–Kier alpha value is -2.63. The van der Waals surface area contributed by atoms with E-state index < -0.39 is 6.10 Å². The van der Waals surface area contributed by atoms with E-state index in [1.807, 2.05) is 0 Å². The summed E-state index contributed by atoms with van der Waals surface area (Å²) in [5.41, 5.74) is 0. The highest BCUT2D eigenvalue weighted by Gasteiger charge is 2.19. The molecule has 0 bridgehead atoms. The fraction of sp³-hybridized carbons (Fsp3) is 0.792. The second-order valence-corrected chi connectivity index (χ2v) is 16.7. The van der Waals surface area contributed by atoms with Crippen LogP contribution in [0.4, 0.5) is 0 Å². The summed E-state index contributed by atoms with van der Waals surface area (Å²) < 4.78 is 16.7. The van der Waals surface area contributed by atoms with E-state index in [4.69, 9.17) is 14.2 Å². The highest BCUT2D eigenvalue weighted by molar-refractivity contribution is 5.71. The van der Waals surface area contributed by atoms with E-state index in [0.29, 0.717) is 19.3 Å². The third kappa shape index (κ3) is 46.3. The van der Waals surface area contributed by atoms with Gasteiger partial charge in [0.1, 0.15) is 13.2 Å². The lowest BCUT2D eigenvalue weighted by Crippen LogP contribution is -2.30. The Kier molecular flexibility index (Phi) is 45.9. The summed E-state index contributed by atoms with van der Waals surface area (Å²) in [7, 11) is 0. The Bertz CT molecular complexity index is 1040. The van der Waals surface area contributed by atoms with Crippen LogP contribution in [0, 0.1) is 0 Å². The van der Waals surface area contributed by atoms with Crippen molar-refractivity contribution in [1.82, 2.24) is 0 Å². The number of ether oxygens (including phenoxy) is 3. The van der Waals surface area contributed by atoms with Crippen LogP contribution in [0.1, 0.15) is 252 Å². The molecule has 0 saturated carbocycles. The number of hydrogen-bond donors (Lipinski definition) is 0. The van der Waals surface area contributed by atoms with Crippen LogP contribution in [0.15, 0.2) is 48.6 Å². The van der Waals surface area contributed by atoms with E-state index in [-0.39, 0.29) is 31.1 Å². The van der Waals surface area contributed by atoms with Crippen LogP contribution in [0.5, 0.6) is 0 Å². The summed E-state index contributed by atoms with van der Waals surface area (Å²) in [6, 6.07) is 0. The van der Waals surface area contributed by atoms with Crippen LogP contribution in [0.2, 0.25) is 0 Å². The first-order valence-electron chi connectivity index (χ1n) is 25.2. The van der Waals surface area contributed by atoms with E-state index in [1.54, 1.807) is 0 Å². The summed E-state index contributed by atoms with van der Waals surface area (Å²) in [5.74, 6) is -0.902. The van der Waals surface area contributed by atoms with Gasteiger partial charge in [0.05, 0.1) is 0 Å². The minimum atomic E-state index is -0.779. The predicted octanol–water partition coefficient (Wildman–Crippen LogP) is 16.3. The van der Waals surface area contributed by atoms with Gasteiger partial charge in [0.2, 0.25) is 0 Å². The van der Waals surface area contributed by atoms with Crippen molar-refractivity contribution >= 4 is 17.9 Å². The fourth-order valence-corrected chi connectivity index (χ4v) is 7.06. The third-order valence-electron chi connectivity index (χ3n) is 10.8. The van der Waals surface area contributed by atoms with Gasteiger partial charge in [0.25, 0.3) is 0 Å². The van der Waals surface area contributed by atoms with Crippen molar-refractivity contribution in [2.45, 2.75) is 258 Å².